The van der Waals surface area contributed by atoms with Crippen LogP contribution in [-0.2, 0) is 10.2 Å². The molecule has 0 saturated heterocycles. The first kappa shape index (κ1) is 8.24. The summed E-state index contributed by atoms with van der Waals surface area (Å²) < 4.78 is 0. The Morgan fingerprint density at radius 2 is 1.92 bits per heavy atom. The van der Waals surface area contributed by atoms with E-state index in [0.717, 1.165) is 12.0 Å². The van der Waals surface area contributed by atoms with Gasteiger partial charge >= 0.3 is 0 Å². The normalized spacial score (nSPS) is 26.7. The quantitative estimate of drug-likeness (QED) is 0.636. The van der Waals surface area contributed by atoms with Crippen LogP contribution in [0.25, 0.3) is 0 Å². The lowest BCUT2D eigenvalue weighted by Gasteiger charge is -2.22. The zero-order valence-corrected chi connectivity index (χ0v) is 7.66. The van der Waals surface area contributed by atoms with E-state index in [0.29, 0.717) is 0 Å². The second-order valence-corrected chi connectivity index (χ2v) is 3.67. The standard InChI is InChI=1S/C12H12O/c1-12(9-5-8-11(12)13)10-6-3-2-4-7-10/h2-8H,9H2,1H3. The number of carbonyl (C=O) groups excluding carboxylic acids is 1. The molecule has 1 unspecified atom stereocenters. The summed E-state index contributed by atoms with van der Waals surface area (Å²) in [6.45, 7) is 2.00. The van der Waals surface area contributed by atoms with Crippen LogP contribution in [0.3, 0.4) is 0 Å². The Balaban J connectivity index is 2.42. The zero-order chi connectivity index (χ0) is 9.31. The molecule has 1 nitrogen and oxygen atoms in total. The highest BCUT2D eigenvalue weighted by Gasteiger charge is 2.35. The second-order valence-electron chi connectivity index (χ2n) is 3.67. The minimum Gasteiger partial charge on any atom is -0.294 e. The second kappa shape index (κ2) is 2.84. The molecule has 1 atom stereocenters. The lowest BCUT2D eigenvalue weighted by Crippen LogP contribution is -2.26. The van der Waals surface area contributed by atoms with Crippen molar-refractivity contribution in [3.05, 3.63) is 48.0 Å². The topological polar surface area (TPSA) is 17.1 Å². The van der Waals surface area contributed by atoms with E-state index < -0.39 is 0 Å². The number of rotatable bonds is 1. The average Bonchev–Trinajstić information content (AvgIpc) is 2.50. The van der Waals surface area contributed by atoms with Crippen LogP contribution in [0.4, 0.5) is 0 Å². The van der Waals surface area contributed by atoms with Crippen LogP contribution < -0.4 is 0 Å². The summed E-state index contributed by atoms with van der Waals surface area (Å²) >= 11 is 0. The minimum atomic E-state index is -0.304. The van der Waals surface area contributed by atoms with Gasteiger partial charge in [0.15, 0.2) is 5.78 Å². The van der Waals surface area contributed by atoms with Crippen molar-refractivity contribution in [1.82, 2.24) is 0 Å². The Labute approximate surface area is 78.1 Å². The van der Waals surface area contributed by atoms with Gasteiger partial charge < -0.3 is 0 Å². The molecule has 0 spiro atoms. The van der Waals surface area contributed by atoms with E-state index in [-0.39, 0.29) is 11.2 Å². The predicted octanol–water partition coefficient (Wildman–Crippen LogP) is 2.47. The highest BCUT2D eigenvalue weighted by molar-refractivity contribution is 6.01. The number of ketones is 1. The molecule has 0 aliphatic heterocycles. The first-order valence-corrected chi connectivity index (χ1v) is 4.50. The van der Waals surface area contributed by atoms with Gasteiger partial charge in [-0.1, -0.05) is 36.4 Å². The van der Waals surface area contributed by atoms with E-state index in [9.17, 15) is 4.79 Å². The first-order valence-electron chi connectivity index (χ1n) is 4.50. The van der Waals surface area contributed by atoms with E-state index >= 15 is 0 Å². The highest BCUT2D eigenvalue weighted by atomic mass is 16.1. The molecule has 0 saturated carbocycles. The summed E-state index contributed by atoms with van der Waals surface area (Å²) in [6.07, 6.45) is 4.47. The summed E-state index contributed by atoms with van der Waals surface area (Å²) in [6, 6.07) is 9.97. The smallest absolute Gasteiger partial charge is 0.165 e. The van der Waals surface area contributed by atoms with Gasteiger partial charge in [-0.25, -0.2) is 0 Å². The molecule has 0 aromatic heterocycles. The van der Waals surface area contributed by atoms with Gasteiger partial charge in [0.2, 0.25) is 0 Å². The fourth-order valence-electron chi connectivity index (χ4n) is 1.75. The summed E-state index contributed by atoms with van der Waals surface area (Å²) in [7, 11) is 0. The van der Waals surface area contributed by atoms with Crippen LogP contribution in [0.5, 0.6) is 0 Å². The number of hydrogen-bond acceptors (Lipinski definition) is 1. The minimum absolute atomic E-state index is 0.221. The molecule has 1 heteroatoms. The molecule has 0 N–H and O–H groups in total. The molecular formula is C12H12O. The van der Waals surface area contributed by atoms with Crippen LogP contribution in [0, 0.1) is 0 Å². The van der Waals surface area contributed by atoms with Crippen molar-refractivity contribution in [3.8, 4) is 0 Å². The Morgan fingerprint density at radius 1 is 1.23 bits per heavy atom. The van der Waals surface area contributed by atoms with E-state index in [4.69, 9.17) is 0 Å². The van der Waals surface area contributed by atoms with Gasteiger partial charge in [-0.3, -0.25) is 4.79 Å². The van der Waals surface area contributed by atoms with Crippen LogP contribution in [0.15, 0.2) is 42.5 Å². The first-order chi connectivity index (χ1) is 6.23. The van der Waals surface area contributed by atoms with Crippen LogP contribution in [0.1, 0.15) is 18.9 Å². The summed E-state index contributed by atoms with van der Waals surface area (Å²) in [5.41, 5.74) is 0.811. The molecule has 0 bridgehead atoms. The Morgan fingerprint density at radius 3 is 2.46 bits per heavy atom. The molecule has 0 radical (unpaired) electrons. The SMILES string of the molecule is CC1(c2ccccc2)CC=CC1=O. The van der Waals surface area contributed by atoms with E-state index in [1.54, 1.807) is 6.08 Å². The molecule has 2 rings (SSSR count). The van der Waals surface area contributed by atoms with E-state index in [1.807, 2.05) is 43.3 Å². The van der Waals surface area contributed by atoms with Crippen molar-refractivity contribution in [3.63, 3.8) is 0 Å². The fraction of sp³-hybridized carbons (Fsp3) is 0.250. The lowest BCUT2D eigenvalue weighted by molar-refractivity contribution is -0.118. The van der Waals surface area contributed by atoms with Gasteiger partial charge in [-0.05, 0) is 25.0 Å². The molecular weight excluding hydrogens is 160 g/mol. The molecule has 66 valence electrons. The lowest BCUT2D eigenvalue weighted by atomic mass is 9.79. The number of carbonyl (C=O) groups is 1. The van der Waals surface area contributed by atoms with Crippen molar-refractivity contribution in [1.29, 1.82) is 0 Å². The summed E-state index contributed by atoms with van der Waals surface area (Å²) in [5, 5.41) is 0. The van der Waals surface area contributed by atoms with Crippen molar-refractivity contribution in [2.45, 2.75) is 18.8 Å². The Bertz CT molecular complexity index is 351. The number of benzene rings is 1. The summed E-state index contributed by atoms with van der Waals surface area (Å²) in [5.74, 6) is 0.221. The predicted molar refractivity (Wildman–Crippen MR) is 52.6 cm³/mol. The van der Waals surface area contributed by atoms with Crippen LogP contribution >= 0.6 is 0 Å². The molecule has 0 amide bonds. The van der Waals surface area contributed by atoms with Gasteiger partial charge in [0.1, 0.15) is 0 Å². The van der Waals surface area contributed by atoms with Crippen LogP contribution in [-0.4, -0.2) is 5.78 Å². The Kier molecular flexibility index (Phi) is 1.80. The van der Waals surface area contributed by atoms with Gasteiger partial charge in [0, 0.05) is 0 Å². The monoisotopic (exact) mass is 172 g/mol. The molecule has 1 aromatic carbocycles. The zero-order valence-electron chi connectivity index (χ0n) is 7.66. The van der Waals surface area contributed by atoms with Gasteiger partial charge in [-0.15, -0.1) is 0 Å². The van der Waals surface area contributed by atoms with E-state index in [2.05, 4.69) is 0 Å². The third-order valence-corrected chi connectivity index (χ3v) is 2.75. The fourth-order valence-corrected chi connectivity index (χ4v) is 1.75. The maximum absolute atomic E-state index is 11.6. The van der Waals surface area contributed by atoms with E-state index in [1.165, 1.54) is 0 Å². The third kappa shape index (κ3) is 1.21. The molecule has 0 heterocycles. The summed E-state index contributed by atoms with van der Waals surface area (Å²) in [4.78, 5) is 11.6. The largest absolute Gasteiger partial charge is 0.294 e. The highest BCUT2D eigenvalue weighted by Crippen LogP contribution is 2.33. The van der Waals surface area contributed by atoms with Crippen molar-refractivity contribution < 1.29 is 4.79 Å². The molecule has 1 aliphatic rings. The molecule has 13 heavy (non-hydrogen) atoms. The van der Waals surface area contributed by atoms with Crippen molar-refractivity contribution in [2.24, 2.45) is 0 Å². The molecule has 1 aromatic rings. The Hall–Kier alpha value is -1.37. The average molecular weight is 172 g/mol. The maximum atomic E-state index is 11.6. The number of allylic oxidation sites excluding steroid dienone is 2. The van der Waals surface area contributed by atoms with Gasteiger partial charge in [0.05, 0.1) is 5.41 Å². The van der Waals surface area contributed by atoms with Crippen molar-refractivity contribution in [2.75, 3.05) is 0 Å². The molecule has 0 fully saturated rings. The van der Waals surface area contributed by atoms with Gasteiger partial charge in [-0.2, -0.15) is 0 Å². The molecule has 1 aliphatic carbocycles. The third-order valence-electron chi connectivity index (χ3n) is 2.75. The van der Waals surface area contributed by atoms with Crippen LogP contribution in [0.2, 0.25) is 0 Å². The van der Waals surface area contributed by atoms with Gasteiger partial charge in [0.25, 0.3) is 0 Å². The van der Waals surface area contributed by atoms with Crippen molar-refractivity contribution >= 4 is 5.78 Å². The maximum Gasteiger partial charge on any atom is 0.165 e. The number of hydrogen-bond donors (Lipinski definition) is 0.